The lowest BCUT2D eigenvalue weighted by molar-refractivity contribution is -0.137. The molecular weight excluding hydrogens is 371 g/mol. The number of nitrogens with zero attached hydrogens (tertiary/aromatic N) is 2. The van der Waals surface area contributed by atoms with Crippen molar-refractivity contribution in [3.8, 4) is 5.75 Å². The molecule has 1 atom stereocenters. The lowest BCUT2D eigenvalue weighted by Crippen LogP contribution is -2.07. The zero-order valence-electron chi connectivity index (χ0n) is 17.3. The third-order valence-corrected chi connectivity index (χ3v) is 5.00. The molecule has 5 nitrogen and oxygen atoms in total. The maximum absolute atomic E-state index is 14.6. The number of hydrogen-bond donors (Lipinski definition) is 1. The van der Waals surface area contributed by atoms with Gasteiger partial charge < -0.3 is 9.84 Å². The molecule has 1 N–H and O–H groups in total. The van der Waals surface area contributed by atoms with E-state index in [1.807, 2.05) is 50.2 Å². The van der Waals surface area contributed by atoms with E-state index in [0.717, 1.165) is 22.2 Å². The summed E-state index contributed by atoms with van der Waals surface area (Å²) in [5.41, 5.74) is 3.49. The second-order valence-corrected chi connectivity index (χ2v) is 7.99. The number of aryl methyl sites for hydroxylation is 1. The van der Waals surface area contributed by atoms with Crippen LogP contribution in [0.25, 0.3) is 10.9 Å². The summed E-state index contributed by atoms with van der Waals surface area (Å²) in [5, 5.41) is 13.5. The molecule has 0 aliphatic carbocycles. The highest BCUT2D eigenvalue weighted by atomic mass is 19.1. The smallest absolute Gasteiger partial charge is 0.303 e. The van der Waals surface area contributed by atoms with Crippen molar-refractivity contribution in [2.75, 3.05) is 0 Å². The first-order valence-electron chi connectivity index (χ1n) is 9.85. The van der Waals surface area contributed by atoms with Crippen molar-refractivity contribution in [3.05, 3.63) is 59.0 Å². The molecular formula is C23H27FN2O3. The lowest BCUT2D eigenvalue weighted by atomic mass is 9.98. The molecule has 0 spiro atoms. The van der Waals surface area contributed by atoms with E-state index in [-0.39, 0.29) is 18.9 Å². The number of carbonyl (C=O) groups is 1. The maximum atomic E-state index is 14.6. The largest absolute Gasteiger partial charge is 0.489 e. The fraction of sp³-hybridized carbons (Fsp3) is 0.391. The van der Waals surface area contributed by atoms with Gasteiger partial charge in [-0.3, -0.25) is 9.48 Å². The van der Waals surface area contributed by atoms with Gasteiger partial charge in [0, 0.05) is 12.1 Å². The Kier molecular flexibility index (Phi) is 6.20. The molecule has 0 saturated heterocycles. The number of rotatable bonds is 8. The molecule has 154 valence electrons. The monoisotopic (exact) mass is 398 g/mol. The molecule has 3 aromatic rings. The summed E-state index contributed by atoms with van der Waals surface area (Å²) in [6.45, 7) is 8.88. The molecule has 0 bridgehead atoms. The molecule has 6 heteroatoms. The summed E-state index contributed by atoms with van der Waals surface area (Å²) in [6, 6.07) is 11.2. The quantitative estimate of drug-likeness (QED) is 0.559. The molecule has 0 aliphatic rings. The van der Waals surface area contributed by atoms with Crippen LogP contribution in [-0.2, 0) is 17.9 Å². The Morgan fingerprint density at radius 2 is 1.86 bits per heavy atom. The van der Waals surface area contributed by atoms with Gasteiger partial charge in [-0.25, -0.2) is 0 Å². The van der Waals surface area contributed by atoms with Crippen LogP contribution < -0.4 is 4.74 Å². The molecule has 1 heterocycles. The molecule has 3 rings (SSSR count). The first-order chi connectivity index (χ1) is 13.8. The van der Waals surface area contributed by atoms with Crippen LogP contribution in [0.4, 0.5) is 4.39 Å². The number of fused-ring (bicyclic) bond motifs is 1. The van der Waals surface area contributed by atoms with Gasteiger partial charge in [0.1, 0.15) is 12.4 Å². The number of aliphatic carboxylic acids is 1. The van der Waals surface area contributed by atoms with Crippen LogP contribution >= 0.6 is 0 Å². The number of hydrogen-bond acceptors (Lipinski definition) is 3. The number of aromatic nitrogens is 2. The van der Waals surface area contributed by atoms with Crippen LogP contribution in [0.2, 0.25) is 0 Å². The van der Waals surface area contributed by atoms with Gasteiger partial charge in [0.25, 0.3) is 0 Å². The highest BCUT2D eigenvalue weighted by Crippen LogP contribution is 2.28. The SMILES string of the molecule is Cc1ccc(COc2ccc(C(C)CC(=O)O)cc2)c2c(F)nn(CC(C)C)c12. The van der Waals surface area contributed by atoms with E-state index in [1.54, 1.807) is 4.68 Å². The van der Waals surface area contributed by atoms with E-state index in [1.165, 1.54) is 0 Å². The molecule has 1 unspecified atom stereocenters. The summed E-state index contributed by atoms with van der Waals surface area (Å²) in [7, 11) is 0. The van der Waals surface area contributed by atoms with Gasteiger partial charge >= 0.3 is 5.97 Å². The summed E-state index contributed by atoms with van der Waals surface area (Å²) >= 11 is 0. The summed E-state index contributed by atoms with van der Waals surface area (Å²) < 4.78 is 22.3. The van der Waals surface area contributed by atoms with E-state index < -0.39 is 11.9 Å². The average molecular weight is 398 g/mol. The number of carboxylic acid groups (broad SMARTS) is 1. The Bertz CT molecular complexity index is 1010. The highest BCUT2D eigenvalue weighted by molar-refractivity contribution is 5.85. The molecule has 0 amide bonds. The van der Waals surface area contributed by atoms with Crippen molar-refractivity contribution in [1.29, 1.82) is 0 Å². The van der Waals surface area contributed by atoms with E-state index >= 15 is 0 Å². The number of ether oxygens (including phenoxy) is 1. The van der Waals surface area contributed by atoms with E-state index in [9.17, 15) is 9.18 Å². The molecule has 2 aromatic carbocycles. The van der Waals surface area contributed by atoms with Crippen LogP contribution in [0.1, 0.15) is 49.8 Å². The van der Waals surface area contributed by atoms with Crippen LogP contribution in [-0.4, -0.2) is 20.9 Å². The Balaban J connectivity index is 1.80. The minimum absolute atomic E-state index is 0.0702. The van der Waals surface area contributed by atoms with E-state index in [4.69, 9.17) is 9.84 Å². The van der Waals surface area contributed by atoms with Gasteiger partial charge in [-0.15, -0.1) is 5.10 Å². The molecule has 0 fully saturated rings. The topological polar surface area (TPSA) is 64.3 Å². The van der Waals surface area contributed by atoms with E-state index in [2.05, 4.69) is 18.9 Å². The van der Waals surface area contributed by atoms with Crippen LogP contribution in [0, 0.1) is 18.8 Å². The normalized spacial score (nSPS) is 12.5. The first-order valence-corrected chi connectivity index (χ1v) is 9.85. The molecule has 0 radical (unpaired) electrons. The third-order valence-electron chi connectivity index (χ3n) is 5.00. The van der Waals surface area contributed by atoms with Gasteiger partial charge in [-0.1, -0.05) is 45.0 Å². The van der Waals surface area contributed by atoms with Gasteiger partial charge in [0.15, 0.2) is 0 Å². The van der Waals surface area contributed by atoms with Crippen molar-refractivity contribution >= 4 is 16.9 Å². The molecule has 0 saturated carbocycles. The van der Waals surface area contributed by atoms with E-state index in [0.29, 0.717) is 23.6 Å². The van der Waals surface area contributed by atoms with Gasteiger partial charge in [-0.05, 0) is 42.0 Å². The third kappa shape index (κ3) is 4.75. The van der Waals surface area contributed by atoms with Crippen LogP contribution in [0.3, 0.4) is 0 Å². The Labute approximate surface area is 170 Å². The Hall–Kier alpha value is -2.89. The summed E-state index contributed by atoms with van der Waals surface area (Å²) in [4.78, 5) is 10.9. The average Bonchev–Trinajstić information content (AvgIpc) is 2.97. The zero-order chi connectivity index (χ0) is 21.1. The first kappa shape index (κ1) is 20.8. The maximum Gasteiger partial charge on any atom is 0.303 e. The Morgan fingerprint density at radius 1 is 1.17 bits per heavy atom. The molecule has 29 heavy (non-hydrogen) atoms. The second kappa shape index (κ2) is 8.64. The minimum atomic E-state index is -0.818. The summed E-state index contributed by atoms with van der Waals surface area (Å²) in [6.07, 6.45) is 0.0845. The predicted octanol–water partition coefficient (Wildman–Crippen LogP) is 5.30. The fourth-order valence-corrected chi connectivity index (χ4v) is 3.54. The van der Waals surface area contributed by atoms with Crippen molar-refractivity contribution in [1.82, 2.24) is 9.78 Å². The number of benzene rings is 2. The second-order valence-electron chi connectivity index (χ2n) is 7.99. The zero-order valence-corrected chi connectivity index (χ0v) is 17.3. The van der Waals surface area contributed by atoms with Crippen molar-refractivity contribution in [2.24, 2.45) is 5.92 Å². The number of carboxylic acids is 1. The van der Waals surface area contributed by atoms with Crippen molar-refractivity contribution in [3.63, 3.8) is 0 Å². The predicted molar refractivity (Wildman–Crippen MR) is 111 cm³/mol. The minimum Gasteiger partial charge on any atom is -0.489 e. The standard InChI is InChI=1S/C23H27FN2O3/c1-14(2)12-26-22-15(3)5-6-18(21(22)23(24)25-26)13-29-19-9-7-17(8-10-19)16(4)11-20(27)28/h5-10,14,16H,11-13H2,1-4H3,(H,27,28). The van der Waals surface area contributed by atoms with Crippen molar-refractivity contribution in [2.45, 2.75) is 53.2 Å². The number of halogens is 1. The van der Waals surface area contributed by atoms with Gasteiger partial charge in [0.2, 0.25) is 5.95 Å². The molecule has 0 aliphatic heterocycles. The Morgan fingerprint density at radius 3 is 2.48 bits per heavy atom. The van der Waals surface area contributed by atoms with Gasteiger partial charge in [0.05, 0.1) is 17.3 Å². The summed E-state index contributed by atoms with van der Waals surface area (Å²) in [5.74, 6) is -0.347. The molecule has 1 aromatic heterocycles. The van der Waals surface area contributed by atoms with Gasteiger partial charge in [-0.2, -0.15) is 4.39 Å². The van der Waals surface area contributed by atoms with Crippen LogP contribution in [0.15, 0.2) is 36.4 Å². The van der Waals surface area contributed by atoms with Crippen LogP contribution in [0.5, 0.6) is 5.75 Å². The highest BCUT2D eigenvalue weighted by Gasteiger charge is 2.17. The lowest BCUT2D eigenvalue weighted by Gasteiger charge is -2.12. The van der Waals surface area contributed by atoms with Crippen molar-refractivity contribution < 1.29 is 19.0 Å². The fourth-order valence-electron chi connectivity index (χ4n) is 3.54.